The second-order valence-electron chi connectivity index (χ2n) is 7.08. The molecule has 0 radical (unpaired) electrons. The van der Waals surface area contributed by atoms with Gasteiger partial charge in [-0.15, -0.1) is 0 Å². The van der Waals surface area contributed by atoms with E-state index in [-0.39, 0.29) is 27.8 Å². The molecule has 10 nitrogen and oxygen atoms in total. The molecule has 2 N–H and O–H groups in total. The summed E-state index contributed by atoms with van der Waals surface area (Å²) < 4.78 is 18.2. The molecule has 160 valence electrons. The van der Waals surface area contributed by atoms with Crippen molar-refractivity contribution in [2.45, 2.75) is 26.7 Å². The molecule has 0 spiro atoms. The van der Waals surface area contributed by atoms with Gasteiger partial charge in [0, 0.05) is 20.0 Å². The zero-order valence-electron chi connectivity index (χ0n) is 16.3. The SMILES string of the molecule is CC(=O)N1CCC(C)(C(=O)Nc2nonc2/C=N/ONc2ccc(F)c(Br)c2)CC1. The minimum absolute atomic E-state index is 0.00161. The van der Waals surface area contributed by atoms with Gasteiger partial charge in [0.2, 0.25) is 17.6 Å². The number of amides is 2. The van der Waals surface area contributed by atoms with Crippen LogP contribution < -0.4 is 10.8 Å². The van der Waals surface area contributed by atoms with E-state index >= 15 is 0 Å². The minimum Gasteiger partial charge on any atom is -0.343 e. The first kappa shape index (κ1) is 21.7. The number of anilines is 2. The molecule has 0 saturated carbocycles. The number of hydrogen-bond donors (Lipinski definition) is 2. The number of nitrogens with zero attached hydrogens (tertiary/aromatic N) is 4. The second-order valence-corrected chi connectivity index (χ2v) is 7.93. The van der Waals surface area contributed by atoms with E-state index < -0.39 is 11.2 Å². The third kappa shape index (κ3) is 5.12. The lowest BCUT2D eigenvalue weighted by molar-refractivity contribution is -0.135. The Morgan fingerprint density at radius 1 is 1.37 bits per heavy atom. The fourth-order valence-electron chi connectivity index (χ4n) is 2.88. The van der Waals surface area contributed by atoms with Gasteiger partial charge in [0.1, 0.15) is 12.0 Å². The van der Waals surface area contributed by atoms with Crippen LogP contribution in [0.15, 0.2) is 32.5 Å². The van der Waals surface area contributed by atoms with Crippen LogP contribution in [0.25, 0.3) is 0 Å². The summed E-state index contributed by atoms with van der Waals surface area (Å²) in [5.41, 5.74) is 2.50. The lowest BCUT2D eigenvalue weighted by Crippen LogP contribution is -2.46. The van der Waals surface area contributed by atoms with Crippen LogP contribution in [0, 0.1) is 11.2 Å². The highest BCUT2D eigenvalue weighted by Crippen LogP contribution is 2.32. The van der Waals surface area contributed by atoms with Gasteiger partial charge in [-0.1, -0.05) is 12.1 Å². The molecule has 30 heavy (non-hydrogen) atoms. The van der Waals surface area contributed by atoms with Crippen molar-refractivity contribution < 1.29 is 23.5 Å². The van der Waals surface area contributed by atoms with Crippen molar-refractivity contribution in [3.63, 3.8) is 0 Å². The molecule has 12 heteroatoms. The first-order chi connectivity index (χ1) is 14.3. The van der Waals surface area contributed by atoms with E-state index in [4.69, 9.17) is 4.94 Å². The van der Waals surface area contributed by atoms with Crippen molar-refractivity contribution in [1.29, 1.82) is 0 Å². The Labute approximate surface area is 179 Å². The maximum Gasteiger partial charge on any atom is 0.231 e. The predicted octanol–water partition coefficient (Wildman–Crippen LogP) is 2.94. The minimum atomic E-state index is -0.645. The highest BCUT2D eigenvalue weighted by Gasteiger charge is 2.38. The average Bonchev–Trinajstić information content (AvgIpc) is 3.15. The third-order valence-corrected chi connectivity index (χ3v) is 5.52. The highest BCUT2D eigenvalue weighted by molar-refractivity contribution is 9.10. The van der Waals surface area contributed by atoms with Crippen LogP contribution in [-0.4, -0.2) is 46.3 Å². The molecule has 2 heterocycles. The van der Waals surface area contributed by atoms with E-state index in [1.165, 1.54) is 31.3 Å². The van der Waals surface area contributed by atoms with Crippen LogP contribution in [0.5, 0.6) is 0 Å². The van der Waals surface area contributed by atoms with Crippen LogP contribution >= 0.6 is 15.9 Å². The van der Waals surface area contributed by atoms with Gasteiger partial charge in [0.15, 0.2) is 5.69 Å². The van der Waals surface area contributed by atoms with E-state index in [9.17, 15) is 14.0 Å². The van der Waals surface area contributed by atoms with Gasteiger partial charge in [0.05, 0.1) is 15.6 Å². The zero-order valence-corrected chi connectivity index (χ0v) is 17.9. The summed E-state index contributed by atoms with van der Waals surface area (Å²) in [5, 5.41) is 13.7. The molecule has 0 unspecified atom stereocenters. The molecular weight excluding hydrogens is 463 g/mol. The number of halogens is 2. The lowest BCUT2D eigenvalue weighted by Gasteiger charge is -2.37. The first-order valence-electron chi connectivity index (χ1n) is 9.08. The molecule has 1 fully saturated rings. The third-order valence-electron chi connectivity index (χ3n) is 4.92. The molecule has 0 bridgehead atoms. The summed E-state index contributed by atoms with van der Waals surface area (Å²) in [6.07, 6.45) is 2.28. The first-order valence-corrected chi connectivity index (χ1v) is 9.88. The fourth-order valence-corrected chi connectivity index (χ4v) is 3.26. The molecule has 0 atom stereocenters. The second kappa shape index (κ2) is 9.20. The largest absolute Gasteiger partial charge is 0.343 e. The summed E-state index contributed by atoms with van der Waals surface area (Å²) in [4.78, 5) is 30.9. The normalized spacial score (nSPS) is 15.8. The van der Waals surface area contributed by atoms with Crippen LogP contribution in [-0.2, 0) is 14.5 Å². The molecule has 2 aromatic rings. The maximum atomic E-state index is 13.2. The van der Waals surface area contributed by atoms with E-state index in [0.29, 0.717) is 31.6 Å². The number of oxime groups is 1. The van der Waals surface area contributed by atoms with Crippen molar-refractivity contribution in [2.24, 2.45) is 10.6 Å². The van der Waals surface area contributed by atoms with Crippen LogP contribution in [0.4, 0.5) is 15.9 Å². The van der Waals surface area contributed by atoms with Crippen molar-refractivity contribution >= 4 is 45.5 Å². The molecule has 2 amide bonds. The Balaban J connectivity index is 1.55. The molecule has 0 aliphatic carbocycles. The van der Waals surface area contributed by atoms with Crippen molar-refractivity contribution in [3.8, 4) is 0 Å². The number of carbonyl (C=O) groups excluding carboxylic acids is 2. The quantitative estimate of drug-likeness (QED) is 0.479. The molecular formula is C18H20BrFN6O4. The van der Waals surface area contributed by atoms with Gasteiger partial charge in [-0.3, -0.25) is 14.5 Å². The summed E-state index contributed by atoms with van der Waals surface area (Å²) in [7, 11) is 0. The number of hydrogen-bond acceptors (Lipinski definition) is 8. The van der Waals surface area contributed by atoms with Gasteiger partial charge < -0.3 is 10.2 Å². The molecule has 1 aromatic heterocycles. The van der Waals surface area contributed by atoms with E-state index in [0.717, 1.165) is 0 Å². The topological polar surface area (TPSA) is 122 Å². The van der Waals surface area contributed by atoms with Gasteiger partial charge >= 0.3 is 0 Å². The van der Waals surface area contributed by atoms with Gasteiger partial charge in [-0.05, 0) is 57.3 Å². The molecule has 1 saturated heterocycles. The molecule has 3 rings (SSSR count). The van der Waals surface area contributed by atoms with Crippen LogP contribution in [0.2, 0.25) is 0 Å². The molecule has 1 aliphatic heterocycles. The Bertz CT molecular complexity index is 958. The summed E-state index contributed by atoms with van der Waals surface area (Å²) in [5.74, 6) is -0.546. The van der Waals surface area contributed by atoms with Gasteiger partial charge in [0.25, 0.3) is 0 Å². The van der Waals surface area contributed by atoms with Crippen molar-refractivity contribution in [1.82, 2.24) is 15.2 Å². The lowest BCUT2D eigenvalue weighted by atomic mass is 9.79. The number of carbonyl (C=O) groups is 2. The Morgan fingerprint density at radius 3 is 2.77 bits per heavy atom. The Hall–Kier alpha value is -3.02. The number of aromatic nitrogens is 2. The van der Waals surface area contributed by atoms with E-state index in [1.807, 2.05) is 6.92 Å². The summed E-state index contributed by atoms with van der Waals surface area (Å²) in [6, 6.07) is 4.21. The standard InChI is InChI=1S/C18H20BrFN6O4/c1-11(27)26-7-5-18(2,6-8-26)17(28)22-16-15(24-30-25-16)10-21-29-23-12-3-4-14(20)13(19)9-12/h3-4,9-10,23H,5-8H2,1-2H3,(H,22,25,28)/b21-10+. The van der Waals surface area contributed by atoms with E-state index in [1.54, 1.807) is 4.90 Å². The zero-order chi connectivity index (χ0) is 21.7. The maximum absolute atomic E-state index is 13.2. The molecule has 1 aliphatic rings. The van der Waals surface area contributed by atoms with Gasteiger partial charge in [-0.25, -0.2) is 9.02 Å². The Kier molecular flexibility index (Phi) is 6.65. The highest BCUT2D eigenvalue weighted by atomic mass is 79.9. The van der Waals surface area contributed by atoms with E-state index in [2.05, 4.69) is 46.8 Å². The fraction of sp³-hybridized carbons (Fsp3) is 0.389. The summed E-state index contributed by atoms with van der Waals surface area (Å²) in [6.45, 7) is 4.39. The number of piperidine rings is 1. The monoisotopic (exact) mass is 482 g/mol. The molecule has 1 aromatic carbocycles. The van der Waals surface area contributed by atoms with Crippen molar-refractivity contribution in [2.75, 3.05) is 23.9 Å². The predicted molar refractivity (Wildman–Crippen MR) is 109 cm³/mol. The number of likely N-dealkylation sites (tertiary alicyclic amines) is 1. The van der Waals surface area contributed by atoms with Crippen LogP contribution in [0.3, 0.4) is 0 Å². The average molecular weight is 483 g/mol. The summed E-state index contributed by atoms with van der Waals surface area (Å²) >= 11 is 3.07. The van der Waals surface area contributed by atoms with Gasteiger partial charge in [-0.2, -0.15) is 5.48 Å². The Morgan fingerprint density at radius 2 is 2.10 bits per heavy atom. The number of benzene rings is 1. The smallest absolute Gasteiger partial charge is 0.231 e. The van der Waals surface area contributed by atoms with Crippen LogP contribution in [0.1, 0.15) is 32.4 Å². The van der Waals surface area contributed by atoms with Crippen molar-refractivity contribution in [3.05, 3.63) is 34.2 Å². The number of rotatable bonds is 6. The number of nitrogens with one attached hydrogen (secondary N) is 2.